The van der Waals surface area contributed by atoms with Crippen LogP contribution in [0.2, 0.25) is 0 Å². The van der Waals surface area contributed by atoms with E-state index in [1.165, 1.54) is 25.8 Å². The largest absolute Gasteiger partial charge is 0.383 e. The molecule has 1 unspecified atom stereocenters. The molecule has 0 bridgehead atoms. The van der Waals surface area contributed by atoms with E-state index in [2.05, 4.69) is 17.3 Å². The second kappa shape index (κ2) is 6.57. The number of benzene rings is 1. The maximum atomic E-state index is 10.8. The van der Waals surface area contributed by atoms with Gasteiger partial charge in [0.05, 0.1) is 6.42 Å². The average molecular weight is 261 g/mol. The number of nitrogens with two attached hydrogens (primary N) is 1. The van der Waals surface area contributed by atoms with Crippen molar-refractivity contribution in [3.05, 3.63) is 29.8 Å². The number of carbonyl (C=O) groups is 1. The normalized spacial score (nSPS) is 20.2. The van der Waals surface area contributed by atoms with Crippen LogP contribution in [-0.2, 0) is 11.2 Å². The van der Waals surface area contributed by atoms with Crippen molar-refractivity contribution in [2.24, 2.45) is 5.73 Å². The zero-order valence-electron chi connectivity index (χ0n) is 11.6. The molecule has 0 aliphatic carbocycles. The Bertz CT molecular complexity index is 416. The smallest absolute Gasteiger partial charge is 0.221 e. The summed E-state index contributed by atoms with van der Waals surface area (Å²) in [4.78, 5) is 13.3. The van der Waals surface area contributed by atoms with Crippen LogP contribution in [-0.4, -0.2) is 37.0 Å². The molecule has 1 atom stereocenters. The van der Waals surface area contributed by atoms with Crippen LogP contribution in [0.15, 0.2) is 24.3 Å². The fraction of sp³-hybridized carbons (Fsp3) is 0.533. The van der Waals surface area contributed by atoms with Crippen LogP contribution >= 0.6 is 0 Å². The SMILES string of the molecule is CN1CCCCC1CNc1ccc(CC(N)=O)cc1. The van der Waals surface area contributed by atoms with Gasteiger partial charge in [0.25, 0.3) is 0 Å². The van der Waals surface area contributed by atoms with Crippen LogP contribution < -0.4 is 11.1 Å². The molecule has 1 amide bonds. The number of nitrogens with one attached hydrogen (secondary N) is 1. The number of hydrogen-bond donors (Lipinski definition) is 2. The number of rotatable bonds is 5. The summed E-state index contributed by atoms with van der Waals surface area (Å²) < 4.78 is 0. The van der Waals surface area contributed by atoms with E-state index in [1.807, 2.05) is 24.3 Å². The molecule has 1 aliphatic heterocycles. The lowest BCUT2D eigenvalue weighted by Crippen LogP contribution is -2.40. The topological polar surface area (TPSA) is 58.4 Å². The lowest BCUT2D eigenvalue weighted by molar-refractivity contribution is -0.117. The zero-order chi connectivity index (χ0) is 13.7. The first-order valence-corrected chi connectivity index (χ1v) is 6.96. The van der Waals surface area contributed by atoms with E-state index in [1.54, 1.807) is 0 Å². The van der Waals surface area contributed by atoms with E-state index in [9.17, 15) is 4.79 Å². The average Bonchev–Trinajstić information content (AvgIpc) is 2.39. The second-order valence-corrected chi connectivity index (χ2v) is 5.35. The number of likely N-dealkylation sites (N-methyl/N-ethyl adjacent to an activating group) is 1. The molecule has 3 N–H and O–H groups in total. The van der Waals surface area contributed by atoms with Crippen molar-refractivity contribution < 1.29 is 4.79 Å². The van der Waals surface area contributed by atoms with E-state index in [-0.39, 0.29) is 5.91 Å². The third kappa shape index (κ3) is 4.24. The number of nitrogens with zero attached hydrogens (tertiary/aromatic N) is 1. The number of piperidine rings is 1. The summed E-state index contributed by atoms with van der Waals surface area (Å²) in [6.45, 7) is 2.18. The Morgan fingerprint density at radius 1 is 1.37 bits per heavy atom. The molecule has 0 saturated carbocycles. The van der Waals surface area contributed by atoms with Gasteiger partial charge in [-0.25, -0.2) is 0 Å². The molecule has 1 heterocycles. The molecule has 4 heteroatoms. The van der Waals surface area contributed by atoms with Gasteiger partial charge >= 0.3 is 0 Å². The number of anilines is 1. The zero-order valence-corrected chi connectivity index (χ0v) is 11.6. The van der Waals surface area contributed by atoms with Crippen molar-refractivity contribution in [2.45, 2.75) is 31.7 Å². The van der Waals surface area contributed by atoms with Gasteiger partial charge in [-0.2, -0.15) is 0 Å². The Labute approximate surface area is 115 Å². The molecule has 104 valence electrons. The number of hydrogen-bond acceptors (Lipinski definition) is 3. The molecule has 0 aromatic heterocycles. The summed E-state index contributed by atoms with van der Waals surface area (Å²) >= 11 is 0. The van der Waals surface area contributed by atoms with Gasteiger partial charge in [0.15, 0.2) is 0 Å². The summed E-state index contributed by atoms with van der Waals surface area (Å²) in [7, 11) is 2.20. The van der Waals surface area contributed by atoms with Crippen molar-refractivity contribution in [1.82, 2.24) is 4.90 Å². The number of likely N-dealkylation sites (tertiary alicyclic amines) is 1. The summed E-state index contributed by atoms with van der Waals surface area (Å²) in [6.07, 6.45) is 4.22. The Hall–Kier alpha value is -1.55. The van der Waals surface area contributed by atoms with E-state index < -0.39 is 0 Å². The fourth-order valence-corrected chi connectivity index (χ4v) is 2.58. The Kier molecular flexibility index (Phi) is 4.80. The van der Waals surface area contributed by atoms with E-state index in [4.69, 9.17) is 5.73 Å². The molecular formula is C15H23N3O. The highest BCUT2D eigenvalue weighted by Crippen LogP contribution is 2.16. The first-order valence-electron chi connectivity index (χ1n) is 6.96. The third-order valence-electron chi connectivity index (χ3n) is 3.80. The monoisotopic (exact) mass is 261 g/mol. The van der Waals surface area contributed by atoms with Gasteiger partial charge in [0.2, 0.25) is 5.91 Å². The highest BCUT2D eigenvalue weighted by molar-refractivity contribution is 5.76. The van der Waals surface area contributed by atoms with Gasteiger partial charge in [0.1, 0.15) is 0 Å². The lowest BCUT2D eigenvalue weighted by atomic mass is 10.0. The summed E-state index contributed by atoms with van der Waals surface area (Å²) in [5, 5.41) is 3.47. The predicted molar refractivity (Wildman–Crippen MR) is 78.1 cm³/mol. The predicted octanol–water partition coefficient (Wildman–Crippen LogP) is 1.61. The molecule has 19 heavy (non-hydrogen) atoms. The van der Waals surface area contributed by atoms with Crippen LogP contribution in [0.4, 0.5) is 5.69 Å². The molecule has 1 saturated heterocycles. The minimum atomic E-state index is -0.287. The molecule has 1 aromatic carbocycles. The van der Waals surface area contributed by atoms with Gasteiger partial charge in [0, 0.05) is 18.3 Å². The van der Waals surface area contributed by atoms with Crippen LogP contribution in [0, 0.1) is 0 Å². The lowest BCUT2D eigenvalue weighted by Gasteiger charge is -2.32. The van der Waals surface area contributed by atoms with Crippen molar-refractivity contribution in [1.29, 1.82) is 0 Å². The quantitative estimate of drug-likeness (QED) is 0.846. The minimum absolute atomic E-state index is 0.287. The maximum Gasteiger partial charge on any atom is 0.221 e. The van der Waals surface area contributed by atoms with Crippen LogP contribution in [0.25, 0.3) is 0 Å². The van der Waals surface area contributed by atoms with Gasteiger partial charge in [-0.15, -0.1) is 0 Å². The molecule has 4 nitrogen and oxygen atoms in total. The molecule has 2 rings (SSSR count). The van der Waals surface area contributed by atoms with E-state index in [0.29, 0.717) is 12.5 Å². The molecular weight excluding hydrogens is 238 g/mol. The molecule has 1 fully saturated rings. The van der Waals surface area contributed by atoms with Gasteiger partial charge in [-0.1, -0.05) is 18.6 Å². The molecule has 0 spiro atoms. The van der Waals surface area contributed by atoms with Gasteiger partial charge in [-0.05, 0) is 44.1 Å². The van der Waals surface area contributed by atoms with Gasteiger partial charge in [-0.3, -0.25) is 4.79 Å². The van der Waals surface area contributed by atoms with Crippen molar-refractivity contribution >= 4 is 11.6 Å². The minimum Gasteiger partial charge on any atom is -0.383 e. The van der Waals surface area contributed by atoms with E-state index in [0.717, 1.165) is 17.8 Å². The fourth-order valence-electron chi connectivity index (χ4n) is 2.58. The van der Waals surface area contributed by atoms with Crippen LogP contribution in [0.1, 0.15) is 24.8 Å². The Balaban J connectivity index is 1.84. The first kappa shape index (κ1) is 13.9. The summed E-state index contributed by atoms with van der Waals surface area (Å²) in [5.74, 6) is -0.287. The maximum absolute atomic E-state index is 10.8. The molecule has 1 aromatic rings. The number of primary amides is 1. The van der Waals surface area contributed by atoms with Crippen molar-refractivity contribution in [3.8, 4) is 0 Å². The highest BCUT2D eigenvalue weighted by atomic mass is 16.1. The van der Waals surface area contributed by atoms with E-state index >= 15 is 0 Å². The summed E-state index contributed by atoms with van der Waals surface area (Å²) in [6, 6.07) is 8.57. The number of carbonyl (C=O) groups excluding carboxylic acids is 1. The van der Waals surface area contributed by atoms with Crippen LogP contribution in [0.5, 0.6) is 0 Å². The molecule has 0 radical (unpaired) electrons. The molecule has 1 aliphatic rings. The standard InChI is InChI=1S/C15H23N3O/c1-18-9-3-2-4-14(18)11-17-13-7-5-12(6-8-13)10-15(16)19/h5-8,14,17H,2-4,9-11H2,1H3,(H2,16,19). The Morgan fingerprint density at radius 2 is 2.11 bits per heavy atom. The third-order valence-corrected chi connectivity index (χ3v) is 3.80. The highest BCUT2D eigenvalue weighted by Gasteiger charge is 2.18. The first-order chi connectivity index (χ1) is 9.15. The second-order valence-electron chi connectivity index (χ2n) is 5.35. The van der Waals surface area contributed by atoms with Crippen molar-refractivity contribution in [2.75, 3.05) is 25.5 Å². The van der Waals surface area contributed by atoms with Crippen molar-refractivity contribution in [3.63, 3.8) is 0 Å². The van der Waals surface area contributed by atoms with Crippen LogP contribution in [0.3, 0.4) is 0 Å². The number of amides is 1. The van der Waals surface area contributed by atoms with Gasteiger partial charge < -0.3 is 16.0 Å². The summed E-state index contributed by atoms with van der Waals surface area (Å²) in [5.41, 5.74) is 7.24. The Morgan fingerprint density at radius 3 is 2.74 bits per heavy atom.